The molecule has 0 unspecified atom stereocenters. The summed E-state index contributed by atoms with van der Waals surface area (Å²) in [5.41, 5.74) is 3.68. The summed E-state index contributed by atoms with van der Waals surface area (Å²) in [6.07, 6.45) is 0. The molecule has 3 amide bonds. The van der Waals surface area contributed by atoms with Crippen LogP contribution in [0.5, 0.6) is 5.88 Å². The molecule has 182 valence electrons. The summed E-state index contributed by atoms with van der Waals surface area (Å²) < 4.78 is 11.8. The van der Waals surface area contributed by atoms with Gasteiger partial charge in [-0.25, -0.2) is 15.3 Å². The predicted octanol–water partition coefficient (Wildman–Crippen LogP) is 2.30. The Kier molecular flexibility index (Phi) is 6.85. The molecular weight excluding hydrogens is 440 g/mol. The SMILES string of the molecule is CCN1CC(C)(C)Oc2nc(N3CCOCC3)nc(-c3ccc(NC(=O)NOC)cc3)c2C1=O. The number of anilines is 2. The Hall–Kier alpha value is -3.44. The summed E-state index contributed by atoms with van der Waals surface area (Å²) >= 11 is 0. The van der Waals surface area contributed by atoms with E-state index in [-0.39, 0.29) is 11.8 Å². The summed E-state index contributed by atoms with van der Waals surface area (Å²) in [5, 5.41) is 2.66. The Bertz CT molecular complexity index is 1050. The van der Waals surface area contributed by atoms with Crippen molar-refractivity contribution >= 4 is 23.6 Å². The van der Waals surface area contributed by atoms with Crippen LogP contribution >= 0.6 is 0 Å². The van der Waals surface area contributed by atoms with Crippen molar-refractivity contribution in [2.75, 3.05) is 56.7 Å². The van der Waals surface area contributed by atoms with Gasteiger partial charge in [0, 0.05) is 30.9 Å². The number of ether oxygens (including phenoxy) is 2. The van der Waals surface area contributed by atoms with Gasteiger partial charge in [0.1, 0.15) is 11.2 Å². The minimum absolute atomic E-state index is 0.173. The van der Waals surface area contributed by atoms with E-state index >= 15 is 0 Å². The Morgan fingerprint density at radius 1 is 1.18 bits per heavy atom. The van der Waals surface area contributed by atoms with Crippen LogP contribution in [0.15, 0.2) is 24.3 Å². The zero-order valence-corrected chi connectivity index (χ0v) is 19.9. The maximum absolute atomic E-state index is 13.6. The van der Waals surface area contributed by atoms with Crippen LogP contribution in [0.2, 0.25) is 0 Å². The number of hydrogen-bond donors (Lipinski definition) is 2. The molecule has 0 radical (unpaired) electrons. The molecule has 2 aliphatic heterocycles. The molecular formula is C23H30N6O5. The molecule has 1 saturated heterocycles. The molecule has 0 spiro atoms. The molecule has 0 bridgehead atoms. The first kappa shape index (κ1) is 23.7. The van der Waals surface area contributed by atoms with Crippen molar-refractivity contribution in [1.29, 1.82) is 0 Å². The van der Waals surface area contributed by atoms with Gasteiger partial charge in [0.05, 0.1) is 32.6 Å². The van der Waals surface area contributed by atoms with Crippen LogP contribution in [0, 0.1) is 0 Å². The van der Waals surface area contributed by atoms with Crippen molar-refractivity contribution < 1.29 is 23.9 Å². The molecule has 1 fully saturated rings. The molecule has 11 nitrogen and oxygen atoms in total. The van der Waals surface area contributed by atoms with E-state index in [4.69, 9.17) is 14.5 Å². The van der Waals surface area contributed by atoms with Gasteiger partial charge in [-0.05, 0) is 32.9 Å². The monoisotopic (exact) mass is 470 g/mol. The van der Waals surface area contributed by atoms with E-state index in [1.807, 2.05) is 25.7 Å². The number of likely N-dealkylation sites (N-methyl/N-ethyl adjacent to an activating group) is 1. The lowest BCUT2D eigenvalue weighted by Crippen LogP contribution is -2.42. The summed E-state index contributed by atoms with van der Waals surface area (Å²) in [7, 11) is 1.36. The van der Waals surface area contributed by atoms with Gasteiger partial charge in [-0.3, -0.25) is 9.63 Å². The maximum Gasteiger partial charge on any atom is 0.343 e. The van der Waals surface area contributed by atoms with Crippen molar-refractivity contribution in [1.82, 2.24) is 20.3 Å². The van der Waals surface area contributed by atoms with Crippen LogP contribution in [-0.4, -0.2) is 78.9 Å². The summed E-state index contributed by atoms with van der Waals surface area (Å²) in [4.78, 5) is 43.2. The van der Waals surface area contributed by atoms with Gasteiger partial charge in [0.25, 0.3) is 5.91 Å². The average Bonchev–Trinajstić information content (AvgIpc) is 2.92. The third-order valence-corrected chi connectivity index (χ3v) is 5.60. The molecule has 11 heteroatoms. The lowest BCUT2D eigenvalue weighted by molar-refractivity contribution is 0.0541. The number of aromatic nitrogens is 2. The first-order valence-corrected chi connectivity index (χ1v) is 11.2. The number of benzene rings is 1. The van der Waals surface area contributed by atoms with E-state index < -0.39 is 11.6 Å². The van der Waals surface area contributed by atoms with Gasteiger partial charge < -0.3 is 24.6 Å². The topological polar surface area (TPSA) is 118 Å². The third-order valence-electron chi connectivity index (χ3n) is 5.60. The van der Waals surface area contributed by atoms with E-state index in [1.165, 1.54) is 7.11 Å². The molecule has 1 aromatic carbocycles. The normalized spacial score (nSPS) is 17.5. The second kappa shape index (κ2) is 9.82. The highest BCUT2D eigenvalue weighted by Gasteiger charge is 2.37. The highest BCUT2D eigenvalue weighted by Crippen LogP contribution is 2.36. The highest BCUT2D eigenvalue weighted by atomic mass is 16.6. The second-order valence-electron chi connectivity index (χ2n) is 8.67. The van der Waals surface area contributed by atoms with Crippen molar-refractivity contribution in [2.45, 2.75) is 26.4 Å². The zero-order valence-electron chi connectivity index (χ0n) is 19.9. The van der Waals surface area contributed by atoms with Crippen LogP contribution in [-0.2, 0) is 9.57 Å². The number of carbonyl (C=O) groups is 2. The summed E-state index contributed by atoms with van der Waals surface area (Å²) in [6, 6.07) is 6.57. The van der Waals surface area contributed by atoms with Crippen LogP contribution in [0.4, 0.5) is 16.4 Å². The Morgan fingerprint density at radius 3 is 2.53 bits per heavy atom. The second-order valence-corrected chi connectivity index (χ2v) is 8.67. The molecule has 4 rings (SSSR count). The number of amides is 3. The zero-order chi connectivity index (χ0) is 24.3. The van der Waals surface area contributed by atoms with Crippen molar-refractivity contribution in [3.05, 3.63) is 29.8 Å². The molecule has 2 aliphatic rings. The lowest BCUT2D eigenvalue weighted by Gasteiger charge is -2.29. The minimum Gasteiger partial charge on any atom is -0.469 e. The number of nitrogens with zero attached hydrogens (tertiary/aromatic N) is 4. The van der Waals surface area contributed by atoms with E-state index in [0.29, 0.717) is 67.8 Å². The molecule has 3 heterocycles. The molecule has 0 atom stereocenters. The van der Waals surface area contributed by atoms with E-state index in [2.05, 4.69) is 20.6 Å². The van der Waals surface area contributed by atoms with Crippen molar-refractivity contribution in [2.24, 2.45) is 0 Å². The lowest BCUT2D eigenvalue weighted by atomic mass is 10.0. The Morgan fingerprint density at radius 2 is 1.88 bits per heavy atom. The number of hydrogen-bond acceptors (Lipinski definition) is 8. The smallest absolute Gasteiger partial charge is 0.343 e. The number of urea groups is 1. The van der Waals surface area contributed by atoms with Crippen LogP contribution in [0.1, 0.15) is 31.1 Å². The number of carbonyl (C=O) groups excluding carboxylic acids is 2. The molecule has 0 saturated carbocycles. The first-order valence-electron chi connectivity index (χ1n) is 11.2. The molecule has 2 aromatic rings. The number of fused-ring (bicyclic) bond motifs is 1. The fourth-order valence-corrected chi connectivity index (χ4v) is 4.01. The molecule has 34 heavy (non-hydrogen) atoms. The van der Waals surface area contributed by atoms with Gasteiger partial charge in [-0.15, -0.1) is 0 Å². The van der Waals surface area contributed by atoms with Crippen LogP contribution < -0.4 is 20.4 Å². The quantitative estimate of drug-likeness (QED) is 0.639. The molecule has 0 aliphatic carbocycles. The largest absolute Gasteiger partial charge is 0.469 e. The van der Waals surface area contributed by atoms with E-state index in [0.717, 1.165) is 0 Å². The Labute approximate surface area is 198 Å². The molecule has 1 aromatic heterocycles. The third kappa shape index (κ3) is 5.05. The Balaban J connectivity index is 1.80. The van der Waals surface area contributed by atoms with Gasteiger partial charge in [0.15, 0.2) is 0 Å². The number of rotatable bonds is 5. The standard InChI is InChI=1S/C23H30N6O5/c1-5-28-14-23(2,3)34-19-17(20(28)30)18(25-21(26-19)29-10-12-33-13-11-29)15-6-8-16(9-7-15)24-22(31)27-32-4/h6-9H,5,10-14H2,1-4H3,(H2,24,27,31). The van der Waals surface area contributed by atoms with E-state index in [1.54, 1.807) is 29.2 Å². The molecule has 2 N–H and O–H groups in total. The van der Waals surface area contributed by atoms with Gasteiger partial charge in [0.2, 0.25) is 11.8 Å². The average molecular weight is 471 g/mol. The number of nitrogens with one attached hydrogen (secondary N) is 2. The number of hydroxylamine groups is 1. The van der Waals surface area contributed by atoms with Gasteiger partial charge in [-0.2, -0.15) is 4.98 Å². The fourth-order valence-electron chi connectivity index (χ4n) is 4.01. The van der Waals surface area contributed by atoms with Crippen LogP contribution in [0.25, 0.3) is 11.3 Å². The summed E-state index contributed by atoms with van der Waals surface area (Å²) in [6.45, 7) is 9.24. The minimum atomic E-state index is -0.618. The van der Waals surface area contributed by atoms with Crippen molar-refractivity contribution in [3.63, 3.8) is 0 Å². The first-order chi connectivity index (χ1) is 16.3. The summed E-state index contributed by atoms with van der Waals surface area (Å²) in [5.74, 6) is 0.597. The van der Waals surface area contributed by atoms with Gasteiger partial charge in [-0.1, -0.05) is 12.1 Å². The predicted molar refractivity (Wildman–Crippen MR) is 126 cm³/mol. The van der Waals surface area contributed by atoms with E-state index in [9.17, 15) is 9.59 Å². The van der Waals surface area contributed by atoms with Crippen molar-refractivity contribution in [3.8, 4) is 17.1 Å². The maximum atomic E-state index is 13.6. The van der Waals surface area contributed by atoms with Crippen LogP contribution in [0.3, 0.4) is 0 Å². The number of morpholine rings is 1. The fraction of sp³-hybridized carbons (Fsp3) is 0.478. The van der Waals surface area contributed by atoms with Gasteiger partial charge >= 0.3 is 6.03 Å². The highest BCUT2D eigenvalue weighted by molar-refractivity contribution is 6.03.